The van der Waals surface area contributed by atoms with E-state index in [4.69, 9.17) is 20.9 Å². The molecule has 1 spiro atoms. The number of carbonyl (C=O) groups excluding carboxylic acids is 3. The summed E-state index contributed by atoms with van der Waals surface area (Å²) in [6.07, 6.45) is 0.827. The fourth-order valence-corrected chi connectivity index (χ4v) is 5.86. The van der Waals surface area contributed by atoms with Crippen LogP contribution in [0.3, 0.4) is 0 Å². The highest BCUT2D eigenvalue weighted by atomic mass is 16.5. The van der Waals surface area contributed by atoms with Gasteiger partial charge in [-0.2, -0.15) is 0 Å². The monoisotopic (exact) mass is 528 g/mol. The summed E-state index contributed by atoms with van der Waals surface area (Å²) >= 11 is 0. The van der Waals surface area contributed by atoms with Gasteiger partial charge >= 0.3 is 0 Å². The number of ether oxygens (including phenoxy) is 2. The number of fused-ring (bicyclic) bond motifs is 1. The minimum absolute atomic E-state index is 0.0859. The lowest BCUT2D eigenvalue weighted by Crippen LogP contribution is -2.78. The maximum Gasteiger partial charge on any atom is 0.255 e. The Labute approximate surface area is 216 Å². The maximum absolute atomic E-state index is 13.4. The predicted molar refractivity (Wildman–Crippen MR) is 130 cm³/mol. The van der Waals surface area contributed by atoms with Crippen molar-refractivity contribution >= 4 is 29.6 Å². The van der Waals surface area contributed by atoms with E-state index in [1.54, 1.807) is 18.2 Å². The molecule has 6 rings (SSSR count). The zero-order chi connectivity index (χ0) is 26.8. The van der Waals surface area contributed by atoms with Crippen LogP contribution in [0.15, 0.2) is 28.2 Å². The average molecular weight is 529 g/mol. The standard InChI is InChI=1S/C23H28N8O7/c24-20-28-18-12(9-30-15(32)5-6-16(30)33)26-21(25)31-10-14(23(35,36)22(18,31)29-20)27-19(34)11-3-1-4-13-17(11)38-8-2-7-37-13/h1,3-4,12,14,18,35-36H,2,5-10H2,(H2,25,26)(H,27,34)(H3,24,28,29)/t12-,14?,18-,22?/m0/s1. The maximum atomic E-state index is 13.4. The van der Waals surface area contributed by atoms with Crippen molar-refractivity contribution in [2.45, 2.75) is 48.8 Å². The van der Waals surface area contributed by atoms with Gasteiger partial charge in [-0.15, -0.1) is 0 Å². The topological polar surface area (TPSA) is 217 Å². The third-order valence-corrected chi connectivity index (χ3v) is 7.65. The van der Waals surface area contributed by atoms with Gasteiger partial charge in [0.2, 0.25) is 17.6 Å². The number of nitrogens with one attached hydrogen (secondary N) is 2. The molecule has 5 heterocycles. The molecule has 1 aromatic carbocycles. The number of likely N-dealkylation sites (tertiary alicyclic amines) is 1. The quantitative estimate of drug-likeness (QED) is 0.169. The third kappa shape index (κ3) is 3.38. The lowest BCUT2D eigenvalue weighted by atomic mass is 9.84. The van der Waals surface area contributed by atoms with Crippen molar-refractivity contribution in [3.63, 3.8) is 0 Å². The molecule has 38 heavy (non-hydrogen) atoms. The molecule has 0 saturated carbocycles. The fourth-order valence-electron chi connectivity index (χ4n) is 5.86. The summed E-state index contributed by atoms with van der Waals surface area (Å²) in [6.45, 7) is 0.496. The van der Waals surface area contributed by atoms with Gasteiger partial charge in [-0.05, 0) is 12.1 Å². The van der Waals surface area contributed by atoms with Crippen molar-refractivity contribution in [1.82, 2.24) is 20.4 Å². The van der Waals surface area contributed by atoms with Crippen LogP contribution in [-0.2, 0) is 9.59 Å². The predicted octanol–water partition coefficient (Wildman–Crippen LogP) is -3.23. The van der Waals surface area contributed by atoms with Crippen molar-refractivity contribution in [2.75, 3.05) is 26.3 Å². The Hall–Kier alpha value is -4.11. The van der Waals surface area contributed by atoms with E-state index in [1.807, 2.05) is 0 Å². The number of nitrogens with zero attached hydrogens (tertiary/aromatic N) is 4. The van der Waals surface area contributed by atoms with Gasteiger partial charge in [0, 0.05) is 25.8 Å². The first-order valence-corrected chi connectivity index (χ1v) is 12.3. The fraction of sp³-hybridized carbons (Fsp3) is 0.522. The summed E-state index contributed by atoms with van der Waals surface area (Å²) in [5.74, 6) is -3.50. The highest BCUT2D eigenvalue weighted by molar-refractivity contribution is 6.02. The number of aliphatic hydroxyl groups is 2. The minimum atomic E-state index is -2.67. The number of nitrogens with two attached hydrogens (primary N) is 2. The van der Waals surface area contributed by atoms with Crippen LogP contribution in [0.5, 0.6) is 11.5 Å². The number of para-hydroxylation sites is 1. The second-order valence-electron chi connectivity index (χ2n) is 9.85. The second kappa shape index (κ2) is 8.46. The van der Waals surface area contributed by atoms with Crippen LogP contribution in [0.25, 0.3) is 0 Å². The zero-order valence-electron chi connectivity index (χ0n) is 20.3. The van der Waals surface area contributed by atoms with Gasteiger partial charge in [0.15, 0.2) is 29.1 Å². The van der Waals surface area contributed by atoms with E-state index in [9.17, 15) is 24.6 Å². The van der Waals surface area contributed by atoms with Crippen LogP contribution in [0, 0.1) is 0 Å². The average Bonchev–Trinajstić information content (AvgIpc) is 3.37. The van der Waals surface area contributed by atoms with Crippen LogP contribution in [0.4, 0.5) is 0 Å². The summed E-state index contributed by atoms with van der Waals surface area (Å²) in [6, 6.07) is 1.65. The lowest BCUT2D eigenvalue weighted by molar-refractivity contribution is -0.230. The van der Waals surface area contributed by atoms with Gasteiger partial charge in [-0.3, -0.25) is 19.3 Å². The lowest BCUT2D eigenvalue weighted by Gasteiger charge is -2.49. The number of aliphatic imine (C=N–C) groups is 2. The van der Waals surface area contributed by atoms with E-state index < -0.39 is 35.5 Å². The molecule has 202 valence electrons. The van der Waals surface area contributed by atoms with Crippen LogP contribution < -0.4 is 31.6 Å². The first kappa shape index (κ1) is 24.2. The van der Waals surface area contributed by atoms with Crippen molar-refractivity contribution < 1.29 is 34.1 Å². The Kier molecular flexibility index (Phi) is 5.39. The van der Waals surface area contributed by atoms with E-state index in [0.717, 1.165) is 4.90 Å². The van der Waals surface area contributed by atoms with Crippen molar-refractivity contribution in [2.24, 2.45) is 21.5 Å². The van der Waals surface area contributed by atoms with Crippen molar-refractivity contribution in [3.05, 3.63) is 23.8 Å². The largest absolute Gasteiger partial charge is 0.490 e. The van der Waals surface area contributed by atoms with Crippen LogP contribution >= 0.6 is 0 Å². The summed E-state index contributed by atoms with van der Waals surface area (Å²) in [5.41, 5.74) is 10.6. The van der Waals surface area contributed by atoms with E-state index in [0.29, 0.717) is 25.4 Å². The molecule has 15 heteroatoms. The first-order chi connectivity index (χ1) is 18.1. The molecular weight excluding hydrogens is 500 g/mol. The molecule has 0 radical (unpaired) electrons. The number of rotatable bonds is 4. The number of carbonyl (C=O) groups is 3. The molecule has 2 saturated heterocycles. The number of hydrogen-bond donors (Lipinski definition) is 6. The SMILES string of the molecule is NC1=N[C@H]2[C@H](CN3C(=O)CCC3=O)N=C(N)N3CC(NC(=O)c4cccc5c4OCCCO5)C(O)(O)C23N1. The van der Waals surface area contributed by atoms with E-state index in [-0.39, 0.29) is 61.0 Å². The minimum Gasteiger partial charge on any atom is -0.490 e. The van der Waals surface area contributed by atoms with E-state index in [1.165, 1.54) is 4.90 Å². The summed E-state index contributed by atoms with van der Waals surface area (Å²) in [4.78, 5) is 49.1. The highest BCUT2D eigenvalue weighted by Crippen LogP contribution is 2.45. The molecule has 0 bridgehead atoms. The van der Waals surface area contributed by atoms with Gasteiger partial charge < -0.3 is 46.7 Å². The smallest absolute Gasteiger partial charge is 0.255 e. The molecule has 0 aliphatic carbocycles. The summed E-state index contributed by atoms with van der Waals surface area (Å²) in [7, 11) is 0. The van der Waals surface area contributed by atoms with Crippen LogP contribution in [0.1, 0.15) is 29.6 Å². The number of guanidine groups is 2. The molecular formula is C23H28N8O7. The molecule has 5 aliphatic rings. The van der Waals surface area contributed by atoms with Crippen molar-refractivity contribution in [3.8, 4) is 11.5 Å². The number of amides is 3. The van der Waals surface area contributed by atoms with Gasteiger partial charge in [0.25, 0.3) is 5.91 Å². The van der Waals surface area contributed by atoms with Crippen molar-refractivity contribution in [1.29, 1.82) is 0 Å². The zero-order valence-corrected chi connectivity index (χ0v) is 20.3. The Balaban J connectivity index is 1.31. The number of imide groups is 1. The van der Waals surface area contributed by atoms with Gasteiger partial charge in [-0.25, -0.2) is 9.98 Å². The molecule has 15 nitrogen and oxygen atoms in total. The van der Waals surface area contributed by atoms with Gasteiger partial charge in [0.1, 0.15) is 12.1 Å². The molecule has 4 atom stereocenters. The summed E-state index contributed by atoms with van der Waals surface area (Å²) < 4.78 is 11.4. The molecule has 2 fully saturated rings. The summed E-state index contributed by atoms with van der Waals surface area (Å²) in [5, 5.41) is 28.7. The van der Waals surface area contributed by atoms with Gasteiger partial charge in [0.05, 0.1) is 31.4 Å². The Morgan fingerprint density at radius 2 is 1.89 bits per heavy atom. The molecule has 3 amide bonds. The molecule has 2 unspecified atom stereocenters. The van der Waals surface area contributed by atoms with Crippen LogP contribution in [0.2, 0.25) is 0 Å². The Morgan fingerprint density at radius 3 is 2.66 bits per heavy atom. The van der Waals surface area contributed by atoms with Crippen LogP contribution in [-0.4, -0.2) is 106 Å². The Morgan fingerprint density at radius 1 is 1.16 bits per heavy atom. The Bertz CT molecular complexity index is 1270. The molecule has 1 aromatic rings. The van der Waals surface area contributed by atoms with E-state index in [2.05, 4.69) is 20.6 Å². The number of benzene rings is 1. The normalized spacial score (nSPS) is 31.2. The molecule has 5 aliphatic heterocycles. The molecule has 0 aromatic heterocycles. The third-order valence-electron chi connectivity index (χ3n) is 7.65. The second-order valence-corrected chi connectivity index (χ2v) is 9.85. The first-order valence-electron chi connectivity index (χ1n) is 12.3. The highest BCUT2D eigenvalue weighted by Gasteiger charge is 2.73. The van der Waals surface area contributed by atoms with E-state index >= 15 is 0 Å². The number of hydrogen-bond acceptors (Lipinski definition) is 13. The van der Waals surface area contributed by atoms with Gasteiger partial charge in [-0.1, -0.05) is 6.07 Å². The molecule has 8 N–H and O–H groups in total.